The fourth-order valence-corrected chi connectivity index (χ4v) is 4.15. The number of carbonyl (C=O) groups excluding carboxylic acids is 1. The van der Waals surface area contributed by atoms with E-state index in [2.05, 4.69) is 20.5 Å². The largest absolute Gasteiger partial charge is 0.496 e. The van der Waals surface area contributed by atoms with Gasteiger partial charge in [-0.05, 0) is 36.8 Å². The highest BCUT2D eigenvalue weighted by molar-refractivity contribution is 5.93. The van der Waals surface area contributed by atoms with E-state index < -0.39 is 0 Å². The molecule has 0 saturated carbocycles. The summed E-state index contributed by atoms with van der Waals surface area (Å²) in [6, 6.07) is 16.8. The number of aryl methyl sites for hydroxylation is 1. The molecule has 9 nitrogen and oxygen atoms in total. The number of hydrogen-bond acceptors (Lipinski definition) is 7. The highest BCUT2D eigenvalue weighted by Crippen LogP contribution is 2.35. The molecule has 0 aliphatic carbocycles. The number of ether oxygens (including phenoxy) is 3. The van der Waals surface area contributed by atoms with Crippen LogP contribution in [0.2, 0.25) is 0 Å². The van der Waals surface area contributed by atoms with Gasteiger partial charge in [0.1, 0.15) is 22.8 Å². The van der Waals surface area contributed by atoms with Crippen LogP contribution in [0.15, 0.2) is 65.2 Å². The molecule has 0 spiro atoms. The van der Waals surface area contributed by atoms with Crippen LogP contribution >= 0.6 is 0 Å². The Bertz CT molecular complexity index is 1540. The zero-order chi connectivity index (χ0) is 25.9. The quantitative estimate of drug-likeness (QED) is 0.295. The third kappa shape index (κ3) is 4.84. The molecule has 5 rings (SSSR count). The second-order valence-electron chi connectivity index (χ2n) is 8.46. The van der Waals surface area contributed by atoms with Gasteiger partial charge in [-0.3, -0.25) is 9.89 Å². The Kier molecular flexibility index (Phi) is 6.51. The second-order valence-corrected chi connectivity index (χ2v) is 8.46. The third-order valence-electron chi connectivity index (χ3n) is 6.03. The summed E-state index contributed by atoms with van der Waals surface area (Å²) in [7, 11) is 4.64. The molecule has 0 bridgehead atoms. The molecule has 2 N–H and O–H groups in total. The minimum atomic E-state index is -0.210. The second kappa shape index (κ2) is 10.1. The number of amides is 1. The van der Waals surface area contributed by atoms with Gasteiger partial charge in [0.25, 0.3) is 0 Å². The number of fused-ring (bicyclic) bond motifs is 1. The summed E-state index contributed by atoms with van der Waals surface area (Å²) in [5.41, 5.74) is 6.31. The summed E-state index contributed by atoms with van der Waals surface area (Å²) in [6.45, 7) is 2.01. The molecule has 188 valence electrons. The average molecular weight is 499 g/mol. The van der Waals surface area contributed by atoms with Crippen LogP contribution in [-0.4, -0.2) is 42.4 Å². The number of nitrogens with zero attached hydrogens (tertiary/aromatic N) is 2. The van der Waals surface area contributed by atoms with Crippen molar-refractivity contribution in [2.24, 2.45) is 0 Å². The van der Waals surface area contributed by atoms with Gasteiger partial charge in [0.05, 0.1) is 45.2 Å². The van der Waals surface area contributed by atoms with Crippen LogP contribution in [0.25, 0.3) is 33.8 Å². The fourth-order valence-electron chi connectivity index (χ4n) is 4.15. The summed E-state index contributed by atoms with van der Waals surface area (Å²) < 4.78 is 22.2. The van der Waals surface area contributed by atoms with Gasteiger partial charge in [-0.1, -0.05) is 18.2 Å². The molecular formula is C28H26N4O5. The van der Waals surface area contributed by atoms with E-state index in [1.807, 2.05) is 49.4 Å². The molecule has 2 heterocycles. The highest BCUT2D eigenvalue weighted by Gasteiger charge is 2.18. The van der Waals surface area contributed by atoms with E-state index in [0.29, 0.717) is 34.4 Å². The van der Waals surface area contributed by atoms with Crippen molar-refractivity contribution < 1.29 is 23.4 Å². The highest BCUT2D eigenvalue weighted by atomic mass is 16.5. The van der Waals surface area contributed by atoms with Crippen LogP contribution in [0.1, 0.15) is 11.1 Å². The fraction of sp³-hybridized carbons (Fsp3) is 0.179. The van der Waals surface area contributed by atoms with Crippen molar-refractivity contribution in [3.63, 3.8) is 0 Å². The minimum absolute atomic E-state index is 0.0694. The molecule has 37 heavy (non-hydrogen) atoms. The van der Waals surface area contributed by atoms with E-state index in [0.717, 1.165) is 33.5 Å². The summed E-state index contributed by atoms with van der Waals surface area (Å²) in [5.74, 6) is 1.90. The van der Waals surface area contributed by atoms with Crippen LogP contribution < -0.4 is 19.5 Å². The minimum Gasteiger partial charge on any atom is -0.496 e. The number of hydrogen-bond donors (Lipinski definition) is 2. The SMILES string of the molecule is COc1cc(OC)c(CC(=O)Nc2ccc(-c3[nH]ncc3-c3nc4ccc(C)cc4o3)cc2)c(OC)c1. The predicted molar refractivity (Wildman–Crippen MR) is 140 cm³/mol. The number of nitrogens with one attached hydrogen (secondary N) is 2. The molecule has 0 radical (unpaired) electrons. The summed E-state index contributed by atoms with van der Waals surface area (Å²) >= 11 is 0. The number of aromatic amines is 1. The van der Waals surface area contributed by atoms with Gasteiger partial charge in [-0.15, -0.1) is 0 Å². The third-order valence-corrected chi connectivity index (χ3v) is 6.03. The molecule has 2 aromatic heterocycles. The maximum atomic E-state index is 12.8. The van der Waals surface area contributed by atoms with Crippen molar-refractivity contribution >= 4 is 22.7 Å². The number of H-pyrrole nitrogens is 1. The van der Waals surface area contributed by atoms with Crippen LogP contribution in [-0.2, 0) is 11.2 Å². The Morgan fingerprint density at radius 3 is 2.38 bits per heavy atom. The number of benzene rings is 3. The topological polar surface area (TPSA) is 112 Å². The number of aromatic nitrogens is 3. The lowest BCUT2D eigenvalue weighted by Crippen LogP contribution is -2.15. The number of oxazole rings is 1. The summed E-state index contributed by atoms with van der Waals surface area (Å²) in [6.07, 6.45) is 1.76. The maximum Gasteiger partial charge on any atom is 0.231 e. The lowest BCUT2D eigenvalue weighted by Gasteiger charge is -2.15. The van der Waals surface area contributed by atoms with Crippen molar-refractivity contribution in [1.29, 1.82) is 0 Å². The maximum absolute atomic E-state index is 12.8. The van der Waals surface area contributed by atoms with Crippen molar-refractivity contribution in [3.8, 4) is 40.0 Å². The molecule has 0 atom stereocenters. The number of anilines is 1. The monoisotopic (exact) mass is 498 g/mol. The molecule has 0 aliphatic rings. The lowest BCUT2D eigenvalue weighted by atomic mass is 10.1. The molecule has 0 saturated heterocycles. The average Bonchev–Trinajstić information content (AvgIpc) is 3.56. The molecule has 0 aliphatic heterocycles. The van der Waals surface area contributed by atoms with E-state index in [4.69, 9.17) is 18.6 Å². The van der Waals surface area contributed by atoms with Gasteiger partial charge in [-0.25, -0.2) is 4.98 Å². The molecule has 0 unspecified atom stereocenters. The van der Waals surface area contributed by atoms with Crippen LogP contribution in [0, 0.1) is 6.92 Å². The first-order chi connectivity index (χ1) is 18.0. The number of carbonyl (C=O) groups is 1. The van der Waals surface area contributed by atoms with Crippen molar-refractivity contribution in [2.75, 3.05) is 26.6 Å². The van der Waals surface area contributed by atoms with Gasteiger partial charge in [0.2, 0.25) is 11.8 Å². The molecular weight excluding hydrogens is 472 g/mol. The van der Waals surface area contributed by atoms with E-state index in [1.165, 1.54) is 0 Å². The first-order valence-electron chi connectivity index (χ1n) is 11.6. The Labute approximate surface area is 213 Å². The van der Waals surface area contributed by atoms with Gasteiger partial charge < -0.3 is 23.9 Å². The van der Waals surface area contributed by atoms with Crippen LogP contribution in [0.4, 0.5) is 5.69 Å². The zero-order valence-corrected chi connectivity index (χ0v) is 20.9. The predicted octanol–water partition coefficient (Wildman–Crippen LogP) is 5.40. The molecule has 1 amide bonds. The molecule has 3 aromatic carbocycles. The van der Waals surface area contributed by atoms with Gasteiger partial charge in [0, 0.05) is 28.9 Å². The first-order valence-corrected chi connectivity index (χ1v) is 11.6. The van der Waals surface area contributed by atoms with Crippen molar-refractivity contribution in [3.05, 3.63) is 71.9 Å². The Hall–Kier alpha value is -4.79. The standard InChI is InChI=1S/C28H26N4O5/c1-16-5-10-22-25(11-16)37-28(31-22)21-15-29-32-27(21)17-6-8-18(9-7-17)30-26(33)14-20-23(35-3)12-19(34-2)13-24(20)36-4/h5-13,15H,14H2,1-4H3,(H,29,32)(H,30,33). The zero-order valence-electron chi connectivity index (χ0n) is 20.9. The Morgan fingerprint density at radius 2 is 1.70 bits per heavy atom. The van der Waals surface area contributed by atoms with E-state index in [1.54, 1.807) is 39.7 Å². The number of rotatable bonds is 8. The first kappa shape index (κ1) is 23.9. The Balaban J connectivity index is 1.34. The molecule has 9 heteroatoms. The van der Waals surface area contributed by atoms with E-state index in [-0.39, 0.29) is 12.3 Å². The van der Waals surface area contributed by atoms with E-state index in [9.17, 15) is 4.79 Å². The van der Waals surface area contributed by atoms with Gasteiger partial charge >= 0.3 is 0 Å². The normalized spacial score (nSPS) is 10.9. The smallest absolute Gasteiger partial charge is 0.231 e. The van der Waals surface area contributed by atoms with Crippen molar-refractivity contribution in [2.45, 2.75) is 13.3 Å². The lowest BCUT2D eigenvalue weighted by molar-refractivity contribution is -0.115. The number of methoxy groups -OCH3 is 3. The summed E-state index contributed by atoms with van der Waals surface area (Å²) in [5, 5.41) is 10.2. The molecule has 5 aromatic rings. The van der Waals surface area contributed by atoms with Crippen LogP contribution in [0.3, 0.4) is 0 Å². The summed E-state index contributed by atoms with van der Waals surface area (Å²) in [4.78, 5) is 17.5. The van der Waals surface area contributed by atoms with Gasteiger partial charge in [0.15, 0.2) is 5.58 Å². The van der Waals surface area contributed by atoms with Crippen molar-refractivity contribution in [1.82, 2.24) is 15.2 Å². The molecule has 0 fully saturated rings. The van der Waals surface area contributed by atoms with E-state index >= 15 is 0 Å². The Morgan fingerprint density at radius 1 is 0.973 bits per heavy atom. The van der Waals surface area contributed by atoms with Crippen LogP contribution in [0.5, 0.6) is 17.2 Å². The van der Waals surface area contributed by atoms with Gasteiger partial charge in [-0.2, -0.15) is 5.10 Å².